The Morgan fingerprint density at radius 3 is 0.392 bits per heavy atom. The quantitative estimate of drug-likeness (QED) is 0.0476. The first-order valence-electron chi connectivity index (χ1n) is 25.7. The number of halogens is 24. The second kappa shape index (κ2) is 25.8. The smallest absolute Gasteiger partial charge is 0.371 e. The Kier molecular flexibility index (Phi) is 19.9. The van der Waals surface area contributed by atoms with Crippen LogP contribution in [0.25, 0.3) is 97.0 Å². The van der Waals surface area contributed by atoms with Crippen molar-refractivity contribution in [1.82, 2.24) is 0 Å². The summed E-state index contributed by atoms with van der Waals surface area (Å²) in [5, 5.41) is -0.197. The Morgan fingerprint density at radius 1 is 0.196 bits per heavy atom. The van der Waals surface area contributed by atoms with E-state index < -0.39 is 161 Å². The van der Waals surface area contributed by atoms with Gasteiger partial charge in [0.1, 0.15) is 0 Å². The molecule has 48 heteroatoms. The van der Waals surface area contributed by atoms with Gasteiger partial charge >= 0.3 is 93.8 Å². The molecule has 12 rings (SSSR count). The summed E-state index contributed by atoms with van der Waals surface area (Å²) in [6.07, 6.45) is 0. The molecule has 102 heavy (non-hydrogen) atoms. The van der Waals surface area contributed by atoms with E-state index in [1.165, 1.54) is 72.8 Å². The largest absolute Gasteiger partial charge is 0.534 e. The van der Waals surface area contributed by atoms with Gasteiger partial charge < -0.3 is 25.1 Å². The van der Waals surface area contributed by atoms with Gasteiger partial charge in [-0.2, -0.15) is 130 Å². The predicted molar refractivity (Wildman–Crippen MR) is 350 cm³/mol. The minimum absolute atomic E-state index is 0.0901. The van der Waals surface area contributed by atoms with Crippen molar-refractivity contribution < 1.29 is 155 Å². The number of benzene rings is 12. The molecule has 0 heterocycles. The highest BCUT2D eigenvalue weighted by molar-refractivity contribution is 9.14. The molecule has 0 saturated carbocycles. The minimum atomic E-state index is -6.44. The van der Waals surface area contributed by atoms with Gasteiger partial charge in [-0.25, -0.2) is 0 Å². The van der Waals surface area contributed by atoms with Crippen LogP contribution in [-0.4, -0.2) is 83.6 Å². The summed E-state index contributed by atoms with van der Waals surface area (Å²) in [5.41, 5.74) is -35.9. The van der Waals surface area contributed by atoms with Gasteiger partial charge in [0.15, 0.2) is 34.5 Å². The summed E-state index contributed by atoms with van der Waals surface area (Å²) in [6.45, 7) is 0. The predicted octanol–water partition coefficient (Wildman–Crippen LogP) is 19.7. The van der Waals surface area contributed by atoms with Crippen molar-refractivity contribution in [2.75, 3.05) is 0 Å². The molecule has 0 spiro atoms. The molecule has 12 aromatic carbocycles. The summed E-state index contributed by atoms with van der Waals surface area (Å²) in [4.78, 5) is 0. The Hall–Kier alpha value is -6.12. The van der Waals surface area contributed by atoms with E-state index in [0.717, 1.165) is 36.4 Å². The van der Waals surface area contributed by atoms with Crippen LogP contribution in [0.3, 0.4) is 0 Å². The van der Waals surface area contributed by atoms with Gasteiger partial charge in [0, 0.05) is 91.5 Å². The Labute approximate surface area is 606 Å². The SMILES string of the molecule is O=S(=O)(Oc1c(OS(=O)(=O)C(F)(F)F)c2cccc3c(Br)c(Br)c4cccc1c4c32)C(F)(F)F.O=S(=O)(Oc1c(OS(=O)(=O)C(F)(F)F)c2cccc3c(Br)c(Br)c4cccc1c4c32)C(F)(F)F.O=S(=O)(Oc1c(OS(=O)(=O)C(F)(F)F)c2cccc3c(Br)c(Br)c4cccc1c4c32)C(F)(F)F. The second-order valence-corrected chi connectivity index (χ2v) is 34.1. The summed E-state index contributed by atoms with van der Waals surface area (Å²) < 4.78 is 405. The Morgan fingerprint density at radius 2 is 0.294 bits per heavy atom. The standard InChI is InChI=1S/3C18H6Br2F6O6S2/c3*19-13-7-3-1-5-9-11(7)12-8(14(13)20)4-2-6-10(12)16(32-34(29,30)18(24,25)26)15(9)31-33(27,28)17(21,22)23/h3*1-6H. The van der Waals surface area contributed by atoms with Crippen molar-refractivity contribution in [2.24, 2.45) is 0 Å². The van der Waals surface area contributed by atoms with Gasteiger partial charge in [-0.15, -0.1) is 0 Å². The lowest BCUT2D eigenvalue weighted by Crippen LogP contribution is -2.30. The van der Waals surface area contributed by atoms with Crippen molar-refractivity contribution in [2.45, 2.75) is 33.0 Å². The van der Waals surface area contributed by atoms with Crippen molar-refractivity contribution in [3.63, 3.8) is 0 Å². The van der Waals surface area contributed by atoms with Crippen molar-refractivity contribution in [3.8, 4) is 34.5 Å². The van der Waals surface area contributed by atoms with Gasteiger partial charge in [0.25, 0.3) is 0 Å². The summed E-state index contributed by atoms with van der Waals surface area (Å²) >= 11 is 19.9. The zero-order valence-electron chi connectivity index (χ0n) is 47.3. The molecule has 0 unspecified atom stereocenters. The van der Waals surface area contributed by atoms with Gasteiger partial charge in [0.05, 0.1) is 0 Å². The van der Waals surface area contributed by atoms with E-state index in [1.54, 1.807) is 0 Å². The van der Waals surface area contributed by atoms with E-state index >= 15 is 0 Å². The van der Waals surface area contributed by atoms with Crippen LogP contribution in [0.15, 0.2) is 136 Å². The lowest BCUT2D eigenvalue weighted by molar-refractivity contribution is -0.0512. The summed E-state index contributed by atoms with van der Waals surface area (Å²) in [6, 6.07) is 22.9. The molecule has 0 saturated heterocycles. The fraction of sp³-hybridized carbons (Fsp3) is 0.111. The van der Waals surface area contributed by atoms with Crippen LogP contribution >= 0.6 is 95.6 Å². The van der Waals surface area contributed by atoms with E-state index in [1.807, 2.05) is 0 Å². The molecular formula is C54H18Br6F18O18S6. The van der Waals surface area contributed by atoms with Gasteiger partial charge in [-0.3, -0.25) is 0 Å². The van der Waals surface area contributed by atoms with Gasteiger partial charge in [-0.05, 0) is 128 Å². The normalized spacial score (nSPS) is 13.8. The average Bonchev–Trinajstić information content (AvgIpc) is 0.720. The van der Waals surface area contributed by atoms with Gasteiger partial charge in [0.2, 0.25) is 0 Å². The third-order valence-corrected chi connectivity index (χ3v) is 26.3. The van der Waals surface area contributed by atoms with Crippen LogP contribution in [0.4, 0.5) is 79.0 Å². The number of hydrogen-bond acceptors (Lipinski definition) is 18. The minimum Gasteiger partial charge on any atom is -0.371 e. The van der Waals surface area contributed by atoms with E-state index in [0.29, 0.717) is 59.2 Å². The molecule has 12 aromatic rings. The van der Waals surface area contributed by atoms with E-state index in [2.05, 4.69) is 121 Å². The van der Waals surface area contributed by atoms with Crippen LogP contribution in [0, 0.1) is 0 Å². The second-order valence-electron chi connectivity index (χ2n) is 20.1. The zero-order valence-corrected chi connectivity index (χ0v) is 61.7. The van der Waals surface area contributed by atoms with Crippen molar-refractivity contribution in [1.29, 1.82) is 0 Å². The molecule has 0 N–H and O–H groups in total. The van der Waals surface area contributed by atoms with Crippen LogP contribution in [0.1, 0.15) is 0 Å². The fourth-order valence-corrected chi connectivity index (χ4v) is 16.2. The van der Waals surface area contributed by atoms with Gasteiger partial charge in [-0.1, -0.05) is 109 Å². The highest BCUT2D eigenvalue weighted by Crippen LogP contribution is 2.57. The molecule has 0 aromatic heterocycles. The summed E-state index contributed by atoms with van der Waals surface area (Å²) in [5.74, 6) is -8.22. The van der Waals surface area contributed by atoms with Crippen molar-refractivity contribution in [3.05, 3.63) is 136 Å². The topological polar surface area (TPSA) is 260 Å². The Balaban J connectivity index is 0.000000165. The number of rotatable bonds is 12. The lowest BCUT2D eigenvalue weighted by atomic mass is 9.93. The first-order chi connectivity index (χ1) is 46.4. The summed E-state index contributed by atoms with van der Waals surface area (Å²) in [7, 11) is -38.7. The molecule has 0 fully saturated rings. The third kappa shape index (κ3) is 13.4. The maximum absolute atomic E-state index is 13.1. The monoisotopic (exact) mass is 1960 g/mol. The molecule has 0 aliphatic carbocycles. The van der Waals surface area contributed by atoms with Crippen LogP contribution < -0.4 is 25.1 Å². The lowest BCUT2D eigenvalue weighted by Gasteiger charge is -2.21. The Bertz CT molecular complexity index is 5270. The third-order valence-electron chi connectivity index (χ3n) is 14.1. The molecule has 0 bridgehead atoms. The van der Waals surface area contributed by atoms with Crippen LogP contribution in [0.2, 0.25) is 0 Å². The van der Waals surface area contributed by atoms with E-state index in [-0.39, 0.29) is 32.3 Å². The number of hydrogen-bond donors (Lipinski definition) is 0. The average molecular weight is 1970 g/mol. The van der Waals surface area contributed by atoms with Crippen molar-refractivity contribution >= 4 is 253 Å². The van der Waals surface area contributed by atoms with Crippen LogP contribution in [0.5, 0.6) is 34.5 Å². The van der Waals surface area contributed by atoms with E-state index in [9.17, 15) is 130 Å². The van der Waals surface area contributed by atoms with E-state index in [4.69, 9.17) is 0 Å². The maximum atomic E-state index is 13.1. The first-order valence-corrected chi connectivity index (χ1v) is 38.9. The maximum Gasteiger partial charge on any atom is 0.534 e. The molecule has 0 radical (unpaired) electrons. The highest BCUT2D eigenvalue weighted by atomic mass is 79.9. The molecule has 546 valence electrons. The number of alkyl halides is 18. The molecular weight excluding hydrogens is 1950 g/mol. The highest BCUT2D eigenvalue weighted by Gasteiger charge is 2.55. The molecule has 0 atom stereocenters. The molecule has 0 aliphatic heterocycles. The zero-order chi connectivity index (χ0) is 76.3. The molecule has 0 aliphatic rings. The molecule has 0 amide bonds. The fourth-order valence-electron chi connectivity index (χ4n) is 10.0. The first kappa shape index (κ1) is 78.5. The molecule has 18 nitrogen and oxygen atoms in total. The van der Waals surface area contributed by atoms with Crippen LogP contribution in [-0.2, 0) is 60.7 Å².